The molecule has 1 unspecified atom stereocenters. The molecule has 0 spiro atoms. The molecule has 0 radical (unpaired) electrons. The van der Waals surface area contributed by atoms with Crippen LogP contribution in [0.15, 0.2) is 53.7 Å². The van der Waals surface area contributed by atoms with Crippen molar-refractivity contribution in [1.82, 2.24) is 9.71 Å². The molecule has 2 aromatic rings. The Labute approximate surface area is 129 Å². The molecular formula is C14H15N3O2S2. The molecule has 0 aliphatic heterocycles. The van der Waals surface area contributed by atoms with E-state index in [0.717, 1.165) is 5.56 Å². The zero-order valence-corrected chi connectivity index (χ0v) is 13.0. The highest BCUT2D eigenvalue weighted by Gasteiger charge is 2.19. The lowest BCUT2D eigenvalue weighted by molar-refractivity contribution is 0.566. The van der Waals surface area contributed by atoms with Gasteiger partial charge in [0.25, 0.3) is 0 Å². The van der Waals surface area contributed by atoms with Crippen LogP contribution in [0.3, 0.4) is 0 Å². The molecule has 1 atom stereocenters. The summed E-state index contributed by atoms with van der Waals surface area (Å²) in [5.41, 5.74) is 6.83. The van der Waals surface area contributed by atoms with Gasteiger partial charge in [0, 0.05) is 24.0 Å². The van der Waals surface area contributed by atoms with Crippen LogP contribution in [0.1, 0.15) is 24.1 Å². The van der Waals surface area contributed by atoms with Crippen molar-refractivity contribution >= 4 is 27.2 Å². The maximum Gasteiger partial charge on any atom is 0.241 e. The Bertz CT molecular complexity index is 746. The summed E-state index contributed by atoms with van der Waals surface area (Å²) >= 11 is 4.86. The Balaban J connectivity index is 2.26. The fraction of sp³-hybridized carbons (Fsp3) is 0.143. The van der Waals surface area contributed by atoms with E-state index < -0.39 is 16.1 Å². The van der Waals surface area contributed by atoms with Gasteiger partial charge in [0.05, 0.1) is 4.90 Å². The zero-order valence-electron chi connectivity index (χ0n) is 11.4. The monoisotopic (exact) mass is 321 g/mol. The number of nitrogens with zero attached hydrogens (tertiary/aromatic N) is 1. The third-order valence-electron chi connectivity index (χ3n) is 2.95. The predicted molar refractivity (Wildman–Crippen MR) is 85.3 cm³/mol. The van der Waals surface area contributed by atoms with Crippen molar-refractivity contribution in [2.45, 2.75) is 17.9 Å². The molecule has 0 amide bonds. The van der Waals surface area contributed by atoms with Crippen LogP contribution in [0.25, 0.3) is 0 Å². The molecule has 2 rings (SSSR count). The molecule has 110 valence electrons. The number of thiocarbonyl (C=S) groups is 1. The smallest absolute Gasteiger partial charge is 0.241 e. The van der Waals surface area contributed by atoms with Gasteiger partial charge in [-0.15, -0.1) is 0 Å². The number of rotatable bonds is 5. The summed E-state index contributed by atoms with van der Waals surface area (Å²) in [5, 5.41) is 0. The molecule has 0 bridgehead atoms. The van der Waals surface area contributed by atoms with Gasteiger partial charge >= 0.3 is 0 Å². The van der Waals surface area contributed by atoms with Crippen molar-refractivity contribution in [2.24, 2.45) is 5.73 Å². The van der Waals surface area contributed by atoms with Crippen LogP contribution in [0.2, 0.25) is 0 Å². The molecule has 0 saturated carbocycles. The van der Waals surface area contributed by atoms with Crippen LogP contribution >= 0.6 is 12.2 Å². The van der Waals surface area contributed by atoms with Gasteiger partial charge < -0.3 is 5.73 Å². The largest absolute Gasteiger partial charge is 0.389 e. The molecule has 5 nitrogen and oxygen atoms in total. The molecule has 0 fully saturated rings. The number of hydrogen-bond acceptors (Lipinski definition) is 4. The lowest BCUT2D eigenvalue weighted by Crippen LogP contribution is -2.27. The van der Waals surface area contributed by atoms with Gasteiger partial charge in [0.15, 0.2) is 0 Å². The van der Waals surface area contributed by atoms with E-state index in [-0.39, 0.29) is 9.88 Å². The molecule has 3 N–H and O–H groups in total. The van der Waals surface area contributed by atoms with Crippen LogP contribution < -0.4 is 10.5 Å². The van der Waals surface area contributed by atoms with Crippen molar-refractivity contribution in [3.05, 3.63) is 59.9 Å². The minimum absolute atomic E-state index is 0.128. The number of hydrogen-bond donors (Lipinski definition) is 2. The summed E-state index contributed by atoms with van der Waals surface area (Å²) in [7, 11) is -3.66. The van der Waals surface area contributed by atoms with Crippen molar-refractivity contribution in [1.29, 1.82) is 0 Å². The van der Waals surface area contributed by atoms with E-state index in [9.17, 15) is 8.42 Å². The molecule has 0 saturated heterocycles. The number of nitrogens with one attached hydrogen (secondary N) is 1. The van der Waals surface area contributed by atoms with Gasteiger partial charge in [0.2, 0.25) is 10.0 Å². The molecule has 1 aromatic heterocycles. The number of benzene rings is 1. The van der Waals surface area contributed by atoms with Crippen LogP contribution in [-0.2, 0) is 10.0 Å². The third-order valence-corrected chi connectivity index (χ3v) is 4.72. The van der Waals surface area contributed by atoms with Crippen LogP contribution in [0, 0.1) is 0 Å². The first-order valence-corrected chi connectivity index (χ1v) is 8.11. The van der Waals surface area contributed by atoms with E-state index in [1.807, 2.05) is 6.07 Å². The quantitative estimate of drug-likeness (QED) is 0.820. The molecule has 1 heterocycles. The van der Waals surface area contributed by atoms with E-state index in [1.54, 1.807) is 37.5 Å². The SMILES string of the molecule is CC(NS(=O)(=O)c1cccc(C(N)=S)c1)c1cccnc1. The molecule has 7 heteroatoms. The Kier molecular flexibility index (Phi) is 4.66. The number of sulfonamides is 1. The van der Waals surface area contributed by atoms with E-state index in [2.05, 4.69) is 9.71 Å². The molecule has 1 aromatic carbocycles. The summed E-state index contributed by atoms with van der Waals surface area (Å²) in [5.74, 6) is 0. The van der Waals surface area contributed by atoms with Crippen LogP contribution in [0.4, 0.5) is 0 Å². The normalized spacial score (nSPS) is 12.8. The van der Waals surface area contributed by atoms with E-state index in [4.69, 9.17) is 18.0 Å². The van der Waals surface area contributed by atoms with Gasteiger partial charge in [-0.1, -0.05) is 30.4 Å². The summed E-state index contributed by atoms with van der Waals surface area (Å²) in [4.78, 5) is 4.27. The maximum absolute atomic E-state index is 12.4. The van der Waals surface area contributed by atoms with Gasteiger partial charge in [-0.3, -0.25) is 4.98 Å². The second kappa shape index (κ2) is 6.30. The van der Waals surface area contributed by atoms with E-state index in [0.29, 0.717) is 5.56 Å². The van der Waals surface area contributed by atoms with Gasteiger partial charge in [-0.05, 0) is 30.7 Å². The lowest BCUT2D eigenvalue weighted by Gasteiger charge is -2.14. The predicted octanol–water partition coefficient (Wildman–Crippen LogP) is 1.76. The maximum atomic E-state index is 12.4. The molecule has 0 aliphatic carbocycles. The van der Waals surface area contributed by atoms with Gasteiger partial charge in [-0.25, -0.2) is 13.1 Å². The number of pyridine rings is 1. The van der Waals surface area contributed by atoms with E-state index >= 15 is 0 Å². The topological polar surface area (TPSA) is 85.1 Å². The third kappa shape index (κ3) is 3.84. The minimum atomic E-state index is -3.66. The van der Waals surface area contributed by atoms with Gasteiger partial charge in [0.1, 0.15) is 4.99 Å². The zero-order chi connectivity index (χ0) is 15.5. The first-order chi connectivity index (χ1) is 9.90. The van der Waals surface area contributed by atoms with Crippen LogP contribution in [0.5, 0.6) is 0 Å². The Morgan fingerprint density at radius 3 is 2.71 bits per heavy atom. The highest BCUT2D eigenvalue weighted by atomic mass is 32.2. The van der Waals surface area contributed by atoms with Crippen molar-refractivity contribution in [3.63, 3.8) is 0 Å². The average molecular weight is 321 g/mol. The Morgan fingerprint density at radius 1 is 1.33 bits per heavy atom. The van der Waals surface area contributed by atoms with Crippen molar-refractivity contribution < 1.29 is 8.42 Å². The molecule has 0 aliphatic rings. The molecule has 21 heavy (non-hydrogen) atoms. The fourth-order valence-electron chi connectivity index (χ4n) is 1.82. The second-order valence-corrected chi connectivity index (χ2v) is 6.68. The highest BCUT2D eigenvalue weighted by Crippen LogP contribution is 2.17. The Morgan fingerprint density at radius 2 is 2.10 bits per heavy atom. The summed E-state index contributed by atoms with van der Waals surface area (Å²) < 4.78 is 27.4. The molecular weight excluding hydrogens is 306 g/mol. The first kappa shape index (κ1) is 15.6. The summed E-state index contributed by atoms with van der Waals surface area (Å²) in [6.07, 6.45) is 3.26. The number of aromatic nitrogens is 1. The lowest BCUT2D eigenvalue weighted by atomic mass is 10.2. The summed E-state index contributed by atoms with van der Waals surface area (Å²) in [6, 6.07) is 9.42. The van der Waals surface area contributed by atoms with Crippen molar-refractivity contribution in [2.75, 3.05) is 0 Å². The summed E-state index contributed by atoms with van der Waals surface area (Å²) in [6.45, 7) is 1.76. The first-order valence-electron chi connectivity index (χ1n) is 6.22. The van der Waals surface area contributed by atoms with Crippen LogP contribution in [-0.4, -0.2) is 18.4 Å². The standard InChI is InChI=1S/C14H15N3O2S2/c1-10(12-5-3-7-16-9-12)17-21(18,19)13-6-2-4-11(8-13)14(15)20/h2-10,17H,1H3,(H2,15,20). The second-order valence-electron chi connectivity index (χ2n) is 4.52. The van der Waals surface area contributed by atoms with Crippen molar-refractivity contribution in [3.8, 4) is 0 Å². The number of nitrogens with two attached hydrogens (primary N) is 1. The Hall–Kier alpha value is -1.83. The minimum Gasteiger partial charge on any atom is -0.389 e. The fourth-order valence-corrected chi connectivity index (χ4v) is 3.22. The highest BCUT2D eigenvalue weighted by molar-refractivity contribution is 7.89. The van der Waals surface area contributed by atoms with Gasteiger partial charge in [-0.2, -0.15) is 0 Å². The van der Waals surface area contributed by atoms with E-state index in [1.165, 1.54) is 12.1 Å². The average Bonchev–Trinajstić information content (AvgIpc) is 2.48.